The van der Waals surface area contributed by atoms with Gasteiger partial charge >= 0.3 is 0 Å². The minimum Gasteiger partial charge on any atom is -0.497 e. The molecular formula is C19H29N3O. The van der Waals surface area contributed by atoms with Crippen LogP contribution in [-0.4, -0.2) is 37.6 Å². The van der Waals surface area contributed by atoms with Crippen LogP contribution in [0.4, 0.5) is 0 Å². The van der Waals surface area contributed by atoms with E-state index >= 15 is 0 Å². The SMILES string of the molecule is COc1ccc2c(c1)CCCC2CN=C(N)N1CCC(C)CC1. The average Bonchev–Trinajstić information content (AvgIpc) is 2.59. The van der Waals surface area contributed by atoms with Gasteiger partial charge in [0.2, 0.25) is 0 Å². The quantitative estimate of drug-likeness (QED) is 0.688. The van der Waals surface area contributed by atoms with Crippen LogP contribution in [0, 0.1) is 5.92 Å². The Bertz CT molecular complexity index is 562. The van der Waals surface area contributed by atoms with Crippen molar-refractivity contribution >= 4 is 5.96 Å². The van der Waals surface area contributed by atoms with Crippen molar-refractivity contribution in [3.8, 4) is 5.75 Å². The zero-order valence-corrected chi connectivity index (χ0v) is 14.4. The number of hydrogen-bond acceptors (Lipinski definition) is 2. The van der Waals surface area contributed by atoms with E-state index in [1.807, 2.05) is 0 Å². The van der Waals surface area contributed by atoms with E-state index in [2.05, 4.69) is 30.0 Å². The molecule has 0 radical (unpaired) electrons. The van der Waals surface area contributed by atoms with E-state index in [0.29, 0.717) is 5.92 Å². The highest BCUT2D eigenvalue weighted by Crippen LogP contribution is 2.34. The van der Waals surface area contributed by atoms with Gasteiger partial charge in [-0.1, -0.05) is 13.0 Å². The third-order valence-electron chi connectivity index (χ3n) is 5.37. The molecule has 4 heteroatoms. The molecule has 4 nitrogen and oxygen atoms in total. The van der Waals surface area contributed by atoms with Gasteiger partial charge in [-0.15, -0.1) is 0 Å². The molecule has 126 valence electrons. The molecule has 0 saturated carbocycles. The number of fused-ring (bicyclic) bond motifs is 1. The van der Waals surface area contributed by atoms with Gasteiger partial charge in [-0.05, 0) is 61.3 Å². The number of methoxy groups -OCH3 is 1. The molecule has 2 N–H and O–H groups in total. The van der Waals surface area contributed by atoms with Gasteiger partial charge in [-0.25, -0.2) is 0 Å². The number of rotatable bonds is 3. The maximum absolute atomic E-state index is 6.23. The number of ether oxygens (including phenoxy) is 1. The number of piperidine rings is 1. The van der Waals surface area contributed by atoms with Crippen molar-refractivity contribution in [3.63, 3.8) is 0 Å². The highest BCUT2D eigenvalue weighted by Gasteiger charge is 2.21. The Morgan fingerprint density at radius 3 is 2.83 bits per heavy atom. The van der Waals surface area contributed by atoms with E-state index in [0.717, 1.165) is 43.7 Å². The number of nitrogens with two attached hydrogens (primary N) is 1. The van der Waals surface area contributed by atoms with Gasteiger partial charge in [0.15, 0.2) is 5.96 Å². The Hall–Kier alpha value is -1.71. The Morgan fingerprint density at radius 2 is 2.09 bits per heavy atom. The summed E-state index contributed by atoms with van der Waals surface area (Å²) >= 11 is 0. The third kappa shape index (κ3) is 3.80. The zero-order chi connectivity index (χ0) is 16.2. The summed E-state index contributed by atoms with van der Waals surface area (Å²) in [5.74, 6) is 3.00. The van der Waals surface area contributed by atoms with E-state index in [-0.39, 0.29) is 0 Å². The van der Waals surface area contributed by atoms with Crippen LogP contribution in [0.25, 0.3) is 0 Å². The molecule has 1 aromatic carbocycles. The highest BCUT2D eigenvalue weighted by molar-refractivity contribution is 5.78. The standard InChI is InChI=1S/C19H29N3O/c1-14-8-10-22(11-9-14)19(20)21-13-16-5-3-4-15-12-17(23-2)6-7-18(15)16/h6-7,12,14,16H,3-5,8-11,13H2,1-2H3,(H2,20,21). The lowest BCUT2D eigenvalue weighted by atomic mass is 9.83. The minimum atomic E-state index is 0.493. The fraction of sp³-hybridized carbons (Fsp3) is 0.632. The summed E-state index contributed by atoms with van der Waals surface area (Å²) in [6, 6.07) is 6.46. The van der Waals surface area contributed by atoms with Gasteiger partial charge in [-0.2, -0.15) is 0 Å². The zero-order valence-electron chi connectivity index (χ0n) is 14.4. The number of aryl methyl sites for hydroxylation is 1. The van der Waals surface area contributed by atoms with E-state index in [1.165, 1.54) is 36.8 Å². The van der Waals surface area contributed by atoms with Gasteiger partial charge < -0.3 is 15.4 Å². The van der Waals surface area contributed by atoms with Crippen LogP contribution < -0.4 is 10.5 Å². The van der Waals surface area contributed by atoms with Crippen LogP contribution >= 0.6 is 0 Å². The van der Waals surface area contributed by atoms with E-state index in [4.69, 9.17) is 15.5 Å². The molecule has 0 amide bonds. The summed E-state index contributed by atoms with van der Waals surface area (Å²) in [5, 5.41) is 0. The summed E-state index contributed by atoms with van der Waals surface area (Å²) in [5.41, 5.74) is 9.08. The summed E-state index contributed by atoms with van der Waals surface area (Å²) in [6.45, 7) is 5.22. The largest absolute Gasteiger partial charge is 0.497 e. The fourth-order valence-corrected chi connectivity index (χ4v) is 3.75. The predicted molar refractivity (Wildman–Crippen MR) is 95.1 cm³/mol. The van der Waals surface area contributed by atoms with Gasteiger partial charge in [0.25, 0.3) is 0 Å². The topological polar surface area (TPSA) is 50.9 Å². The minimum absolute atomic E-state index is 0.493. The molecule has 1 atom stereocenters. The summed E-state index contributed by atoms with van der Waals surface area (Å²) in [7, 11) is 1.73. The number of aliphatic imine (C=N–C) groups is 1. The molecule has 1 aromatic rings. The maximum Gasteiger partial charge on any atom is 0.191 e. The fourth-order valence-electron chi connectivity index (χ4n) is 3.75. The molecule has 0 aromatic heterocycles. The van der Waals surface area contributed by atoms with Gasteiger partial charge in [0.05, 0.1) is 7.11 Å². The van der Waals surface area contributed by atoms with Crippen molar-refractivity contribution < 1.29 is 4.74 Å². The lowest BCUT2D eigenvalue weighted by Crippen LogP contribution is -2.42. The molecule has 1 heterocycles. The monoisotopic (exact) mass is 315 g/mol. The Labute approximate surface area is 139 Å². The Morgan fingerprint density at radius 1 is 1.30 bits per heavy atom. The number of guanidine groups is 1. The first-order valence-corrected chi connectivity index (χ1v) is 8.89. The van der Waals surface area contributed by atoms with Crippen molar-refractivity contribution in [2.45, 2.75) is 44.9 Å². The van der Waals surface area contributed by atoms with Crippen LogP contribution in [0.3, 0.4) is 0 Å². The smallest absolute Gasteiger partial charge is 0.191 e. The first-order valence-electron chi connectivity index (χ1n) is 8.89. The Kier molecular flexibility index (Phi) is 5.09. The number of nitrogens with zero attached hydrogens (tertiary/aromatic N) is 2. The average molecular weight is 315 g/mol. The Balaban J connectivity index is 1.66. The van der Waals surface area contributed by atoms with E-state index < -0.39 is 0 Å². The van der Waals surface area contributed by atoms with Crippen molar-refractivity contribution in [3.05, 3.63) is 29.3 Å². The second-order valence-corrected chi connectivity index (χ2v) is 7.02. The highest BCUT2D eigenvalue weighted by atomic mass is 16.5. The lowest BCUT2D eigenvalue weighted by molar-refractivity contribution is 0.277. The van der Waals surface area contributed by atoms with Gasteiger partial charge in [0.1, 0.15) is 5.75 Å². The van der Waals surface area contributed by atoms with Crippen LogP contribution in [0.5, 0.6) is 5.75 Å². The van der Waals surface area contributed by atoms with Crippen LogP contribution in [0.1, 0.15) is 49.7 Å². The molecule has 1 aliphatic heterocycles. The molecule has 23 heavy (non-hydrogen) atoms. The maximum atomic E-state index is 6.23. The van der Waals surface area contributed by atoms with E-state index in [1.54, 1.807) is 7.11 Å². The van der Waals surface area contributed by atoms with Crippen LogP contribution in [-0.2, 0) is 6.42 Å². The lowest BCUT2D eigenvalue weighted by Gasteiger charge is -2.31. The molecule has 1 fully saturated rings. The van der Waals surface area contributed by atoms with Crippen molar-refractivity contribution in [2.24, 2.45) is 16.6 Å². The van der Waals surface area contributed by atoms with Gasteiger partial charge in [-0.3, -0.25) is 4.99 Å². The predicted octanol–water partition coefficient (Wildman–Crippen LogP) is 3.16. The molecule has 1 unspecified atom stereocenters. The number of benzene rings is 1. The molecule has 1 aliphatic carbocycles. The van der Waals surface area contributed by atoms with Crippen LogP contribution in [0.2, 0.25) is 0 Å². The summed E-state index contributed by atoms with van der Waals surface area (Å²) < 4.78 is 5.35. The third-order valence-corrected chi connectivity index (χ3v) is 5.37. The number of likely N-dealkylation sites (tertiary alicyclic amines) is 1. The van der Waals surface area contributed by atoms with E-state index in [9.17, 15) is 0 Å². The van der Waals surface area contributed by atoms with Crippen LogP contribution in [0.15, 0.2) is 23.2 Å². The molecule has 3 rings (SSSR count). The first-order chi connectivity index (χ1) is 11.2. The molecule has 0 spiro atoms. The summed E-state index contributed by atoms with van der Waals surface area (Å²) in [6.07, 6.45) is 6.02. The second-order valence-electron chi connectivity index (χ2n) is 7.02. The summed E-state index contributed by atoms with van der Waals surface area (Å²) in [4.78, 5) is 6.97. The van der Waals surface area contributed by atoms with Crippen molar-refractivity contribution in [1.29, 1.82) is 0 Å². The molecule has 2 aliphatic rings. The molecular weight excluding hydrogens is 286 g/mol. The van der Waals surface area contributed by atoms with Crippen molar-refractivity contribution in [1.82, 2.24) is 4.90 Å². The van der Waals surface area contributed by atoms with Crippen molar-refractivity contribution in [2.75, 3.05) is 26.7 Å². The number of hydrogen-bond donors (Lipinski definition) is 1. The first kappa shape index (κ1) is 16.2. The molecule has 1 saturated heterocycles. The normalized spacial score (nSPS) is 22.8. The second kappa shape index (κ2) is 7.24. The molecule has 0 bridgehead atoms. The van der Waals surface area contributed by atoms with Gasteiger partial charge in [0, 0.05) is 25.6 Å².